The molecule has 1 aromatic heterocycles. The number of nitrogens with one attached hydrogen (secondary N) is 1. The lowest BCUT2D eigenvalue weighted by Crippen LogP contribution is -2.17. The molecule has 3 N–H and O–H groups in total. The monoisotopic (exact) mass is 432 g/mol. The summed E-state index contributed by atoms with van der Waals surface area (Å²) in [6.07, 6.45) is 2.52. The number of carbonyl (C=O) groups excluding carboxylic acids is 1. The lowest BCUT2D eigenvalue weighted by Gasteiger charge is -2.07. The van der Waals surface area contributed by atoms with E-state index in [1.54, 1.807) is 24.4 Å². The highest BCUT2D eigenvalue weighted by Crippen LogP contribution is 2.26. The smallest absolute Gasteiger partial charge is 0.271 e. The third-order valence-corrected chi connectivity index (χ3v) is 4.93. The molecule has 0 saturated carbocycles. The van der Waals surface area contributed by atoms with Crippen molar-refractivity contribution in [1.29, 1.82) is 0 Å². The van der Waals surface area contributed by atoms with E-state index in [-0.39, 0.29) is 5.91 Å². The number of nitrogen functional groups attached to an aromatic ring is 1. The number of halogens is 1. The molecular weight excluding hydrogens is 416 g/mol. The number of benzene rings is 2. The molecule has 0 fully saturated rings. The van der Waals surface area contributed by atoms with Crippen LogP contribution in [0.25, 0.3) is 10.2 Å². The minimum atomic E-state index is -0.294. The van der Waals surface area contributed by atoms with Crippen molar-refractivity contribution in [3.8, 4) is 5.75 Å². The van der Waals surface area contributed by atoms with E-state index in [2.05, 4.69) is 38.4 Å². The number of fused-ring (bicyclic) bond motifs is 1. The zero-order chi connectivity index (χ0) is 18.5. The number of anilines is 1. The Balaban J connectivity index is 1.65. The Labute approximate surface area is 163 Å². The number of nitrogens with two attached hydrogens (primary N) is 1. The minimum Gasteiger partial charge on any atom is -0.492 e. The number of hydrogen-bond acceptors (Lipinski definition) is 6. The van der Waals surface area contributed by atoms with Gasteiger partial charge in [-0.05, 0) is 64.3 Å². The van der Waals surface area contributed by atoms with Crippen LogP contribution < -0.4 is 15.9 Å². The van der Waals surface area contributed by atoms with Gasteiger partial charge in [0.15, 0.2) is 5.13 Å². The summed E-state index contributed by atoms with van der Waals surface area (Å²) in [5, 5.41) is 4.49. The molecule has 2 aromatic carbocycles. The minimum absolute atomic E-state index is 0.294. The van der Waals surface area contributed by atoms with Crippen LogP contribution in [0.3, 0.4) is 0 Å². The van der Waals surface area contributed by atoms with Crippen molar-refractivity contribution in [3.05, 3.63) is 52.0 Å². The fourth-order valence-electron chi connectivity index (χ4n) is 2.24. The summed E-state index contributed by atoms with van der Waals surface area (Å²) in [4.78, 5) is 16.4. The number of amides is 1. The first-order valence-electron chi connectivity index (χ1n) is 7.98. The maximum atomic E-state index is 12.2. The first-order valence-corrected chi connectivity index (χ1v) is 9.59. The second-order valence-corrected chi connectivity index (χ2v) is 7.39. The number of nitrogens with zero attached hydrogens (tertiary/aromatic N) is 2. The molecule has 0 atom stereocenters. The molecule has 26 heavy (non-hydrogen) atoms. The van der Waals surface area contributed by atoms with Crippen LogP contribution in [0, 0.1) is 0 Å². The Bertz CT molecular complexity index is 971. The summed E-state index contributed by atoms with van der Waals surface area (Å²) < 4.78 is 7.31. The maximum Gasteiger partial charge on any atom is 0.271 e. The largest absolute Gasteiger partial charge is 0.492 e. The summed E-state index contributed by atoms with van der Waals surface area (Å²) in [6.45, 7) is 2.72. The van der Waals surface area contributed by atoms with E-state index in [9.17, 15) is 4.79 Å². The topological polar surface area (TPSA) is 89.6 Å². The Morgan fingerprint density at radius 2 is 2.23 bits per heavy atom. The third-order valence-electron chi connectivity index (χ3n) is 3.46. The number of thiazole rings is 1. The molecule has 134 valence electrons. The van der Waals surface area contributed by atoms with Crippen molar-refractivity contribution in [2.75, 3.05) is 12.3 Å². The van der Waals surface area contributed by atoms with Crippen molar-refractivity contribution in [3.63, 3.8) is 0 Å². The quantitative estimate of drug-likeness (QED) is 0.451. The van der Waals surface area contributed by atoms with Crippen LogP contribution in [-0.4, -0.2) is 23.7 Å². The van der Waals surface area contributed by atoms with Crippen LogP contribution in [-0.2, 0) is 0 Å². The summed E-state index contributed by atoms with van der Waals surface area (Å²) in [5.41, 5.74) is 10.3. The van der Waals surface area contributed by atoms with Crippen molar-refractivity contribution < 1.29 is 9.53 Å². The number of rotatable bonds is 6. The molecule has 0 radical (unpaired) electrons. The average molecular weight is 433 g/mol. The molecule has 6 nitrogen and oxygen atoms in total. The van der Waals surface area contributed by atoms with E-state index in [0.717, 1.165) is 32.4 Å². The highest BCUT2D eigenvalue weighted by molar-refractivity contribution is 9.10. The fourth-order valence-corrected chi connectivity index (χ4v) is 3.52. The van der Waals surface area contributed by atoms with Crippen molar-refractivity contribution in [2.24, 2.45) is 5.10 Å². The number of hydrogen-bond donors (Lipinski definition) is 2. The van der Waals surface area contributed by atoms with Gasteiger partial charge < -0.3 is 10.5 Å². The van der Waals surface area contributed by atoms with Crippen LogP contribution in [0.4, 0.5) is 5.13 Å². The van der Waals surface area contributed by atoms with Crippen LogP contribution in [0.15, 0.2) is 46.0 Å². The van der Waals surface area contributed by atoms with Crippen LogP contribution >= 0.6 is 27.3 Å². The third kappa shape index (κ3) is 4.39. The van der Waals surface area contributed by atoms with Gasteiger partial charge in [0.2, 0.25) is 0 Å². The van der Waals surface area contributed by atoms with Gasteiger partial charge in [-0.1, -0.05) is 18.3 Å². The predicted octanol–water partition coefficient (Wildman–Crippen LogP) is 4.19. The molecule has 0 aliphatic carbocycles. The number of carbonyl (C=O) groups is 1. The normalized spacial score (nSPS) is 11.2. The van der Waals surface area contributed by atoms with Crippen molar-refractivity contribution in [2.45, 2.75) is 13.3 Å². The standard InChI is InChI=1S/C18H17BrN4O2S/c1-2-7-25-15-6-3-11(8-13(15)19)10-21-23-17(24)12-4-5-14-16(9-12)26-18(20)22-14/h3-6,8-10H,2,7H2,1H3,(H2,20,22)(H,23,24)/b21-10-. The van der Waals surface area contributed by atoms with Crippen LogP contribution in [0.1, 0.15) is 29.3 Å². The molecule has 8 heteroatoms. The van der Waals surface area contributed by atoms with Crippen molar-refractivity contribution in [1.82, 2.24) is 10.4 Å². The molecule has 0 unspecified atom stereocenters. The van der Waals surface area contributed by atoms with Gasteiger partial charge in [0.05, 0.1) is 27.5 Å². The maximum absolute atomic E-state index is 12.2. The number of ether oxygens (including phenoxy) is 1. The highest BCUT2D eigenvalue weighted by atomic mass is 79.9. The average Bonchev–Trinajstić information content (AvgIpc) is 3.00. The first kappa shape index (κ1) is 18.3. The van der Waals surface area contributed by atoms with Gasteiger partial charge in [0, 0.05) is 5.56 Å². The second-order valence-electron chi connectivity index (χ2n) is 5.47. The molecule has 0 aliphatic rings. The van der Waals surface area contributed by atoms with Gasteiger partial charge in [0.25, 0.3) is 5.91 Å². The Kier molecular flexibility index (Phi) is 5.85. The van der Waals surface area contributed by atoms with Gasteiger partial charge in [-0.15, -0.1) is 0 Å². The molecule has 0 aliphatic heterocycles. The van der Waals surface area contributed by atoms with E-state index >= 15 is 0 Å². The predicted molar refractivity (Wildman–Crippen MR) is 109 cm³/mol. The zero-order valence-corrected chi connectivity index (χ0v) is 16.4. The van der Waals surface area contributed by atoms with E-state index in [1.165, 1.54) is 11.3 Å². The number of aromatic nitrogens is 1. The lowest BCUT2D eigenvalue weighted by atomic mass is 10.2. The van der Waals surface area contributed by atoms with Crippen LogP contribution in [0.5, 0.6) is 5.75 Å². The van der Waals surface area contributed by atoms with Crippen LogP contribution in [0.2, 0.25) is 0 Å². The summed E-state index contributed by atoms with van der Waals surface area (Å²) in [5.74, 6) is 0.488. The first-order chi connectivity index (χ1) is 12.6. The van der Waals surface area contributed by atoms with Gasteiger partial charge in [-0.3, -0.25) is 4.79 Å². The van der Waals surface area contributed by atoms with Gasteiger partial charge in [-0.25, -0.2) is 10.4 Å². The molecule has 0 spiro atoms. The van der Waals surface area contributed by atoms with Gasteiger partial charge in [0.1, 0.15) is 5.75 Å². The zero-order valence-electron chi connectivity index (χ0n) is 14.0. The van der Waals surface area contributed by atoms with E-state index in [4.69, 9.17) is 10.5 Å². The molecule has 0 bridgehead atoms. The van der Waals surface area contributed by atoms with Crippen molar-refractivity contribution >= 4 is 54.7 Å². The molecule has 3 aromatic rings. The second kappa shape index (κ2) is 8.29. The Morgan fingerprint density at radius 3 is 3.00 bits per heavy atom. The summed E-state index contributed by atoms with van der Waals surface area (Å²) in [6, 6.07) is 10.8. The van der Waals surface area contributed by atoms with Gasteiger partial charge >= 0.3 is 0 Å². The SMILES string of the molecule is CCCOc1ccc(/C=N\NC(=O)c2ccc3nc(N)sc3c2)cc1Br. The van der Waals surface area contributed by atoms with E-state index in [1.807, 2.05) is 18.2 Å². The molecular formula is C18H17BrN4O2S. The summed E-state index contributed by atoms with van der Waals surface area (Å²) >= 11 is 4.81. The lowest BCUT2D eigenvalue weighted by molar-refractivity contribution is 0.0955. The Hall–Kier alpha value is -2.45. The van der Waals surface area contributed by atoms with E-state index < -0.39 is 0 Å². The summed E-state index contributed by atoms with van der Waals surface area (Å²) in [7, 11) is 0. The molecule has 1 heterocycles. The molecule has 3 rings (SSSR count). The van der Waals surface area contributed by atoms with Gasteiger partial charge in [-0.2, -0.15) is 5.10 Å². The van der Waals surface area contributed by atoms with E-state index in [0.29, 0.717) is 17.3 Å². The molecule has 0 saturated heterocycles. The highest BCUT2D eigenvalue weighted by Gasteiger charge is 2.08. The fraction of sp³-hybridized carbons (Fsp3) is 0.167. The number of hydrazone groups is 1. The molecule has 1 amide bonds. The Morgan fingerprint density at radius 1 is 1.38 bits per heavy atom.